The lowest BCUT2D eigenvalue weighted by Gasteiger charge is -2.07. The number of nitro groups is 8. The average Bonchev–Trinajstić information content (AvgIpc) is 1.40. The molecule has 6 aromatic rings. The van der Waals surface area contributed by atoms with Gasteiger partial charge in [-0.15, -0.1) is 0 Å². The summed E-state index contributed by atoms with van der Waals surface area (Å²) in [6, 6.07) is 12.8. The minimum Gasteiger partial charge on any atom is -0.462 e. The number of fused-ring (bicyclic) bond motifs is 1. The highest BCUT2D eigenvalue weighted by atomic mass is 16.7. The van der Waals surface area contributed by atoms with Gasteiger partial charge in [-0.2, -0.15) is 0 Å². The molecule has 95 heavy (non-hydrogen) atoms. The van der Waals surface area contributed by atoms with Gasteiger partial charge in [0.25, 0.3) is 45.5 Å². The van der Waals surface area contributed by atoms with Gasteiger partial charge in [0.05, 0.1) is 113 Å². The topological polar surface area (TPSA) is 525 Å². The third-order valence-corrected chi connectivity index (χ3v) is 11.8. The number of hydrogen-bond acceptors (Lipinski definition) is 29. The van der Waals surface area contributed by atoms with Gasteiger partial charge in [0.2, 0.25) is 0 Å². The number of nitrogen functional groups attached to an aromatic ring is 1. The lowest BCUT2D eigenvalue weighted by atomic mass is 10.1. The molecule has 0 radical (unpaired) electrons. The van der Waals surface area contributed by atoms with E-state index in [9.17, 15) is 105 Å². The number of ether oxygens (including phenoxy) is 5. The van der Waals surface area contributed by atoms with E-state index in [0.29, 0.717) is 17.9 Å². The normalized spacial score (nSPS) is 10.3. The van der Waals surface area contributed by atoms with Crippen LogP contribution in [0.3, 0.4) is 0 Å². The lowest BCUT2D eigenvalue weighted by molar-refractivity contribution is -0.394. The predicted octanol–water partition coefficient (Wildman–Crippen LogP) is 10.3. The molecule has 0 atom stereocenters. The van der Waals surface area contributed by atoms with Crippen LogP contribution in [0.25, 0.3) is 23.1 Å². The predicted molar refractivity (Wildman–Crippen MR) is 336 cm³/mol. The quantitative estimate of drug-likeness (QED) is 0.0210. The van der Waals surface area contributed by atoms with Crippen molar-refractivity contribution in [3.63, 3.8) is 0 Å². The van der Waals surface area contributed by atoms with Crippen LogP contribution < -0.4 is 5.73 Å². The van der Waals surface area contributed by atoms with E-state index in [1.54, 1.807) is 90.9 Å². The minimum atomic E-state index is -0.899. The number of nitrogens with one attached hydrogen (secondary N) is 1. The number of carbonyl (C=O) groups excluding carboxylic acids is 5. The molecule has 0 spiro atoms. The summed E-state index contributed by atoms with van der Waals surface area (Å²) in [7, 11) is 6.83. The second-order valence-electron chi connectivity index (χ2n) is 18.9. The van der Waals surface area contributed by atoms with Crippen molar-refractivity contribution in [2.24, 2.45) is 0 Å². The Balaban J connectivity index is 0.000000406. The molecule has 6 rings (SSSR count). The van der Waals surface area contributed by atoms with E-state index in [-0.39, 0.29) is 76.9 Å². The van der Waals surface area contributed by atoms with Gasteiger partial charge in [-0.3, -0.25) is 80.9 Å². The van der Waals surface area contributed by atoms with Gasteiger partial charge >= 0.3 is 29.8 Å². The number of nitrogens with two attached hydrogens (primary N) is 1. The summed E-state index contributed by atoms with van der Waals surface area (Å²) in [5, 5.41) is 88.1. The molecule has 0 saturated carbocycles. The van der Waals surface area contributed by atoms with E-state index < -0.39 is 109 Å². The van der Waals surface area contributed by atoms with E-state index in [1.165, 1.54) is 38.4 Å². The van der Waals surface area contributed by atoms with Crippen molar-refractivity contribution in [1.29, 1.82) is 0 Å². The maximum atomic E-state index is 11.8. The molecule has 506 valence electrons. The minimum absolute atomic E-state index is 0.0375. The summed E-state index contributed by atoms with van der Waals surface area (Å²) >= 11 is 0. The number of anilines is 1. The molecule has 0 saturated heterocycles. The number of aromatic nitrogens is 1. The monoisotopic (exact) mass is 1330 g/mol. The smallest absolute Gasteiger partial charge is 0.345 e. The number of carbonyl (C=O) groups is 5. The number of benzene rings is 5. The van der Waals surface area contributed by atoms with Gasteiger partial charge in [-0.25, -0.2) is 24.0 Å². The first-order valence-corrected chi connectivity index (χ1v) is 27.3. The van der Waals surface area contributed by atoms with Crippen molar-refractivity contribution < 1.29 is 87.0 Å². The Hall–Kier alpha value is -12.9. The van der Waals surface area contributed by atoms with E-state index >= 15 is 0 Å². The Labute approximate surface area is 536 Å². The first kappa shape index (κ1) is 78.2. The highest BCUT2D eigenvalue weighted by molar-refractivity contribution is 6.01. The number of H-pyrrole nitrogens is 1. The molecule has 1 heterocycles. The van der Waals surface area contributed by atoms with Crippen LogP contribution in [0.1, 0.15) is 109 Å². The fourth-order valence-electron chi connectivity index (χ4n) is 7.59. The number of nitro benzene ring substituents is 8. The Kier molecular flexibility index (Phi) is 30.2. The molecule has 5 aromatic carbocycles. The molecule has 0 aliphatic heterocycles. The zero-order valence-corrected chi connectivity index (χ0v) is 52.4. The summed E-state index contributed by atoms with van der Waals surface area (Å²) in [4.78, 5) is 145. The van der Waals surface area contributed by atoms with Crippen LogP contribution in [-0.4, -0.2) is 145 Å². The van der Waals surface area contributed by atoms with Crippen molar-refractivity contribution in [1.82, 2.24) is 14.8 Å². The van der Waals surface area contributed by atoms with E-state index in [1.807, 2.05) is 6.07 Å². The standard InChI is InChI=1S/2C13H15N3O6.C11H12N2O2.2C10H10N2O6/c2*1-4-22-13(17)10-7-9(5-6-14(2)3)11(15(18)19)8-12(10)16(20)21;1-2-15-11(14)8-5-7-3-4-13-10(7)6-9(8)12;2*1-3-18-10(13)7-4-6(2)8(11(14)15)5-9(7)12(16)17/h2*5-8H,4H2,1-3H3;3-6,13H,2,12H2,1H3;2*4-5H,3H2,1-2H3/b2*6-5+;;;. The van der Waals surface area contributed by atoms with Crippen LogP contribution in [0, 0.1) is 94.8 Å². The Morgan fingerprint density at radius 2 is 0.663 bits per heavy atom. The molecule has 38 heteroatoms. The zero-order valence-electron chi connectivity index (χ0n) is 52.4. The molecule has 0 aliphatic rings. The van der Waals surface area contributed by atoms with Crippen molar-refractivity contribution in [3.05, 3.63) is 216 Å². The number of aryl methyl sites for hydroxylation is 2. The van der Waals surface area contributed by atoms with Crippen LogP contribution in [-0.2, 0) is 23.7 Å². The van der Waals surface area contributed by atoms with Gasteiger partial charge in [-0.05, 0) is 115 Å². The molecule has 0 unspecified atom stereocenters. The molecular weight excluding hydrogens is 1270 g/mol. The molecule has 3 N–H and O–H groups in total. The molecule has 1 aromatic heterocycles. The van der Waals surface area contributed by atoms with Gasteiger partial charge < -0.3 is 44.2 Å². The van der Waals surface area contributed by atoms with E-state index in [0.717, 1.165) is 59.4 Å². The molecule has 0 amide bonds. The van der Waals surface area contributed by atoms with Crippen LogP contribution in [0.4, 0.5) is 51.2 Å². The number of rotatable bonds is 22. The number of nitrogens with zero attached hydrogens (tertiary/aromatic N) is 10. The van der Waals surface area contributed by atoms with Crippen LogP contribution in [0.2, 0.25) is 0 Å². The highest BCUT2D eigenvalue weighted by Crippen LogP contribution is 2.34. The van der Waals surface area contributed by atoms with E-state index in [2.05, 4.69) is 14.5 Å². The Morgan fingerprint density at radius 1 is 0.400 bits per heavy atom. The Bertz CT molecular complexity index is 3800. The SMILES string of the molecule is CCOC(=O)c1cc(/C=C/N(C)C)c([N+](=O)[O-])cc1[N+](=O)[O-].CCOC(=O)c1cc(/C=C/N(C)C)c([N+](=O)[O-])cc1[N+](=O)[O-].CCOC(=O)c1cc(C)c([N+](=O)[O-])cc1[N+](=O)[O-].CCOC(=O)c1cc(C)c([N+](=O)[O-])cc1[N+](=O)[O-].CCOC(=O)c1cc2cc[nH]c2cc1N. The second kappa shape index (κ2) is 36.7. The summed E-state index contributed by atoms with van der Waals surface area (Å²) in [6.45, 7) is 11.3. The maximum absolute atomic E-state index is 11.8. The summed E-state index contributed by atoms with van der Waals surface area (Å²) in [5.41, 5.74) is 2.46. The zero-order chi connectivity index (χ0) is 72.3. The van der Waals surface area contributed by atoms with Gasteiger partial charge in [0.15, 0.2) is 0 Å². The van der Waals surface area contributed by atoms with Crippen LogP contribution in [0.15, 0.2) is 85.3 Å². The summed E-state index contributed by atoms with van der Waals surface area (Å²) < 4.78 is 23.7. The molecule has 0 aliphatic carbocycles. The van der Waals surface area contributed by atoms with Gasteiger partial charge in [0.1, 0.15) is 22.3 Å². The van der Waals surface area contributed by atoms with Crippen molar-refractivity contribution in [2.45, 2.75) is 48.5 Å². The maximum Gasteiger partial charge on any atom is 0.345 e. The third kappa shape index (κ3) is 22.5. The molecule has 0 bridgehead atoms. The first-order valence-electron chi connectivity index (χ1n) is 27.3. The molecule has 0 fully saturated rings. The largest absolute Gasteiger partial charge is 0.462 e. The van der Waals surface area contributed by atoms with Crippen molar-refractivity contribution in [2.75, 3.05) is 67.0 Å². The highest BCUT2D eigenvalue weighted by Gasteiger charge is 2.32. The van der Waals surface area contributed by atoms with Crippen LogP contribution >= 0.6 is 0 Å². The van der Waals surface area contributed by atoms with Crippen LogP contribution in [0.5, 0.6) is 0 Å². The molecular formula is C57H62N12O26. The fraction of sp³-hybridized carbons (Fsp3) is 0.281. The molecule has 38 nitrogen and oxygen atoms in total. The second-order valence-corrected chi connectivity index (χ2v) is 18.9. The van der Waals surface area contributed by atoms with Gasteiger partial charge in [-0.1, -0.05) is 0 Å². The number of hydrogen-bond donors (Lipinski definition) is 2. The fourth-order valence-corrected chi connectivity index (χ4v) is 7.59. The van der Waals surface area contributed by atoms with Crippen molar-refractivity contribution in [3.8, 4) is 0 Å². The first-order chi connectivity index (χ1) is 44.5. The average molecular weight is 1330 g/mol. The number of esters is 5. The van der Waals surface area contributed by atoms with Crippen molar-refractivity contribution >= 4 is 104 Å². The summed E-state index contributed by atoms with van der Waals surface area (Å²) in [6.07, 6.45) is 7.65. The van der Waals surface area contributed by atoms with E-state index in [4.69, 9.17) is 19.9 Å². The number of aromatic amines is 1. The lowest BCUT2D eigenvalue weighted by Crippen LogP contribution is -2.09. The Morgan fingerprint density at radius 3 is 0.926 bits per heavy atom. The third-order valence-electron chi connectivity index (χ3n) is 11.8. The van der Waals surface area contributed by atoms with Gasteiger partial charge in [0, 0.05) is 62.1 Å². The summed E-state index contributed by atoms with van der Waals surface area (Å²) in [5.74, 6) is -3.92.